The molecule has 0 saturated heterocycles. The first-order valence-corrected chi connectivity index (χ1v) is 3.10. The molecule has 0 atom stereocenters. The van der Waals surface area contributed by atoms with Crippen molar-refractivity contribution >= 4 is 18.0 Å². The Morgan fingerprint density at radius 3 is 2.64 bits per heavy atom. The van der Waals surface area contributed by atoms with E-state index in [1.165, 1.54) is 6.34 Å². The summed E-state index contributed by atoms with van der Waals surface area (Å²) in [5.74, 6) is 0. The molecular weight excluding hydrogens is 138 g/mol. The molecule has 0 fully saturated rings. The van der Waals surface area contributed by atoms with Gasteiger partial charge in [0.15, 0.2) is 0 Å². The van der Waals surface area contributed by atoms with Crippen molar-refractivity contribution in [2.45, 2.75) is 0 Å². The maximum Gasteiger partial charge on any atom is 0.0625 e. The van der Waals surface area contributed by atoms with E-state index in [0.717, 1.165) is 5.69 Å². The van der Waals surface area contributed by atoms with Crippen LogP contribution in [0.1, 0.15) is 0 Å². The highest BCUT2D eigenvalue weighted by Gasteiger charge is 1.78. The van der Waals surface area contributed by atoms with Crippen LogP contribution in [0, 0.1) is 0 Å². The highest BCUT2D eigenvalue weighted by molar-refractivity contribution is 5.69. The van der Waals surface area contributed by atoms with E-state index in [2.05, 4.69) is 9.98 Å². The third-order valence-corrected chi connectivity index (χ3v) is 1.08. The summed E-state index contributed by atoms with van der Waals surface area (Å²) in [5.41, 5.74) is 0.798. The average molecular weight is 144 g/mol. The molecule has 0 N–H and O–H groups in total. The maximum absolute atomic E-state index is 8.04. The number of nitrogens with zero attached hydrogens (tertiary/aromatic N) is 3. The van der Waals surface area contributed by atoms with Gasteiger partial charge in [-0.25, -0.2) is 0 Å². The predicted octanol–water partition coefficient (Wildman–Crippen LogP) is 2.09. The molecule has 0 aromatic heterocycles. The van der Waals surface area contributed by atoms with Crippen molar-refractivity contribution in [3.8, 4) is 0 Å². The Labute approximate surface area is 64.6 Å². The lowest BCUT2D eigenvalue weighted by atomic mass is 10.3. The Balaban J connectivity index is 2.72. The number of rotatable bonds is 2. The van der Waals surface area contributed by atoms with Crippen LogP contribution in [0.3, 0.4) is 0 Å². The van der Waals surface area contributed by atoms with Crippen molar-refractivity contribution in [2.24, 2.45) is 9.98 Å². The van der Waals surface area contributed by atoms with E-state index in [4.69, 9.17) is 5.41 Å². The lowest BCUT2D eigenvalue weighted by Crippen LogP contribution is -1.64. The zero-order valence-electron chi connectivity index (χ0n) is 5.81. The van der Waals surface area contributed by atoms with Gasteiger partial charge in [-0.3, -0.25) is 4.99 Å². The van der Waals surface area contributed by atoms with E-state index in [1.54, 1.807) is 6.01 Å². The van der Waals surface area contributed by atoms with Crippen molar-refractivity contribution < 1.29 is 0 Å². The molecule has 3 heteroatoms. The number of hydrogen-bond acceptors (Lipinski definition) is 1. The smallest absolute Gasteiger partial charge is 0.0625 e. The van der Waals surface area contributed by atoms with Gasteiger partial charge in [0.05, 0.1) is 5.69 Å². The fraction of sp³-hybridized carbons (Fsp3) is 0. The molecule has 1 aromatic carbocycles. The Hall–Kier alpha value is -1.73. The minimum atomic E-state index is 0.798. The minimum absolute atomic E-state index is 0.798. The number of aliphatic imine (C=N–C) groups is 2. The average Bonchev–Trinajstić information content (AvgIpc) is 2.07. The zero-order valence-corrected chi connectivity index (χ0v) is 5.81. The van der Waals surface area contributed by atoms with Crippen molar-refractivity contribution in [1.82, 2.24) is 0 Å². The van der Waals surface area contributed by atoms with Crippen LogP contribution in [0.25, 0.3) is 5.41 Å². The van der Waals surface area contributed by atoms with Gasteiger partial charge in [0.1, 0.15) is 0 Å². The monoisotopic (exact) mass is 144 g/mol. The molecule has 3 nitrogen and oxygen atoms in total. The van der Waals surface area contributed by atoms with E-state index in [1.807, 2.05) is 30.3 Å². The van der Waals surface area contributed by atoms with Crippen LogP contribution in [0.2, 0.25) is 0 Å². The molecule has 0 saturated carbocycles. The zero-order chi connectivity index (χ0) is 7.94. The number of para-hydroxylation sites is 1. The molecule has 0 spiro atoms. The van der Waals surface area contributed by atoms with Crippen molar-refractivity contribution in [3.63, 3.8) is 0 Å². The van der Waals surface area contributed by atoms with Crippen LogP contribution in [-0.2, 0) is 0 Å². The van der Waals surface area contributed by atoms with Gasteiger partial charge in [-0.2, -0.15) is 6.01 Å². The van der Waals surface area contributed by atoms with E-state index in [9.17, 15) is 0 Å². The summed E-state index contributed by atoms with van der Waals surface area (Å²) < 4.78 is 0. The lowest BCUT2D eigenvalue weighted by Gasteiger charge is -1.89. The summed E-state index contributed by atoms with van der Waals surface area (Å²) in [4.78, 5) is 7.16. The van der Waals surface area contributed by atoms with Crippen LogP contribution >= 0.6 is 0 Å². The first-order valence-electron chi connectivity index (χ1n) is 3.10. The molecule has 11 heavy (non-hydrogen) atoms. The molecule has 54 valence electrons. The summed E-state index contributed by atoms with van der Waals surface area (Å²) in [6.45, 7) is 0. The fourth-order valence-electron chi connectivity index (χ4n) is 0.635. The molecule has 0 amide bonds. The van der Waals surface area contributed by atoms with E-state index in [0.29, 0.717) is 0 Å². The summed E-state index contributed by atoms with van der Waals surface area (Å²) in [6, 6.07) is 10.9. The Morgan fingerprint density at radius 2 is 2.00 bits per heavy atom. The van der Waals surface area contributed by atoms with Gasteiger partial charge < -0.3 is 10.4 Å². The third kappa shape index (κ3) is 2.56. The largest absolute Gasteiger partial charge is 0.422 e. The molecular formula is C8H6N3-. The number of benzene rings is 1. The van der Waals surface area contributed by atoms with Crippen LogP contribution in [0.15, 0.2) is 40.3 Å². The second kappa shape index (κ2) is 4.14. The Morgan fingerprint density at radius 1 is 1.27 bits per heavy atom. The van der Waals surface area contributed by atoms with Crippen molar-refractivity contribution in [1.29, 1.82) is 0 Å². The first-order chi connectivity index (χ1) is 5.43. The third-order valence-electron chi connectivity index (χ3n) is 1.08. The lowest BCUT2D eigenvalue weighted by molar-refractivity contribution is 1.52. The quantitative estimate of drug-likeness (QED) is 0.450. The number of hydrogen-bond donors (Lipinski definition) is 0. The van der Waals surface area contributed by atoms with E-state index < -0.39 is 0 Å². The van der Waals surface area contributed by atoms with Gasteiger partial charge in [-0.1, -0.05) is 18.2 Å². The molecule has 1 aromatic rings. The van der Waals surface area contributed by atoms with E-state index >= 15 is 0 Å². The Bertz CT molecular complexity index is 283. The molecule has 0 bridgehead atoms. The van der Waals surface area contributed by atoms with Gasteiger partial charge in [0.2, 0.25) is 0 Å². The maximum atomic E-state index is 8.04. The standard InChI is InChI=1S/C8H6N3/c9-6-10-7-11-8-4-2-1-3-5-8/h1-5,7H/q-1. The molecule has 0 unspecified atom stereocenters. The summed E-state index contributed by atoms with van der Waals surface area (Å²) in [5, 5.41) is 8.04. The van der Waals surface area contributed by atoms with Gasteiger partial charge >= 0.3 is 0 Å². The molecule has 0 heterocycles. The topological polar surface area (TPSA) is 47.0 Å². The van der Waals surface area contributed by atoms with Crippen LogP contribution < -0.4 is 0 Å². The predicted molar refractivity (Wildman–Crippen MR) is 45.4 cm³/mol. The summed E-state index contributed by atoms with van der Waals surface area (Å²) in [7, 11) is 0. The van der Waals surface area contributed by atoms with Crippen molar-refractivity contribution in [2.75, 3.05) is 0 Å². The highest BCUT2D eigenvalue weighted by Crippen LogP contribution is 2.07. The highest BCUT2D eigenvalue weighted by atomic mass is 14.9. The molecule has 0 aliphatic heterocycles. The van der Waals surface area contributed by atoms with Crippen LogP contribution in [-0.4, -0.2) is 12.3 Å². The van der Waals surface area contributed by atoms with Crippen LogP contribution in [0.5, 0.6) is 0 Å². The summed E-state index contributed by atoms with van der Waals surface area (Å²) >= 11 is 0. The molecule has 0 aliphatic carbocycles. The van der Waals surface area contributed by atoms with Crippen molar-refractivity contribution in [3.05, 3.63) is 35.7 Å². The van der Waals surface area contributed by atoms with Gasteiger partial charge in [0, 0.05) is 6.34 Å². The first kappa shape index (κ1) is 7.38. The van der Waals surface area contributed by atoms with Gasteiger partial charge in [0.25, 0.3) is 0 Å². The Kier molecular flexibility index (Phi) is 2.78. The molecule has 0 radical (unpaired) electrons. The normalized spacial score (nSPS) is 9.45. The van der Waals surface area contributed by atoms with E-state index in [-0.39, 0.29) is 0 Å². The fourth-order valence-corrected chi connectivity index (χ4v) is 0.635. The minimum Gasteiger partial charge on any atom is -0.422 e. The molecule has 1 rings (SSSR count). The van der Waals surface area contributed by atoms with Gasteiger partial charge in [-0.15, -0.1) is 0 Å². The molecule has 0 aliphatic rings. The SMILES string of the molecule is [N-]=C=NC=Nc1ccccc1. The second-order valence-corrected chi connectivity index (χ2v) is 1.81. The second-order valence-electron chi connectivity index (χ2n) is 1.81. The summed E-state index contributed by atoms with van der Waals surface area (Å²) in [6.07, 6.45) is 1.23. The van der Waals surface area contributed by atoms with Gasteiger partial charge in [-0.05, 0) is 12.1 Å². The van der Waals surface area contributed by atoms with Crippen LogP contribution in [0.4, 0.5) is 5.69 Å².